The van der Waals surface area contributed by atoms with Crippen molar-refractivity contribution in [2.24, 2.45) is 0 Å². The molecule has 3 N–H and O–H groups in total. The molecule has 0 saturated heterocycles. The van der Waals surface area contributed by atoms with Crippen LogP contribution in [0.25, 0.3) is 0 Å². The largest absolute Gasteiger partial charge is 0.506 e. The molecule has 2 aromatic carbocycles. The Labute approximate surface area is 154 Å². The molecule has 1 amide bonds. The minimum Gasteiger partial charge on any atom is -0.506 e. The fourth-order valence-corrected chi connectivity index (χ4v) is 2.83. The number of anilines is 1. The number of phenolic OH excluding ortho intramolecular Hbond substituents is 1. The highest BCUT2D eigenvalue weighted by Gasteiger charge is 2.12. The smallest absolute Gasteiger partial charge is 0.257 e. The number of aryl methyl sites for hydroxylation is 2. The molecular weight excluding hydrogens is 332 g/mol. The van der Waals surface area contributed by atoms with Crippen LogP contribution in [0.3, 0.4) is 0 Å². The molecule has 0 unspecified atom stereocenters. The van der Waals surface area contributed by atoms with Gasteiger partial charge in [0.1, 0.15) is 5.75 Å². The molecule has 0 aliphatic heterocycles. The molecule has 25 heavy (non-hydrogen) atoms. The topological polar surface area (TPSA) is 61.4 Å². The van der Waals surface area contributed by atoms with Crippen LogP contribution in [-0.2, 0) is 0 Å². The molecule has 0 fully saturated rings. The van der Waals surface area contributed by atoms with Crippen LogP contribution < -0.4 is 10.6 Å². The van der Waals surface area contributed by atoms with Crippen molar-refractivity contribution in [1.29, 1.82) is 0 Å². The van der Waals surface area contributed by atoms with Crippen LogP contribution in [0.5, 0.6) is 5.75 Å². The fraction of sp³-hybridized carbons (Fsp3) is 0.300. The number of nitrogens with one attached hydrogen (secondary N) is 2. The summed E-state index contributed by atoms with van der Waals surface area (Å²) in [5, 5.41) is 15.7. The number of carbonyl (C=O) groups excluding carboxylic acids is 1. The van der Waals surface area contributed by atoms with Crippen molar-refractivity contribution < 1.29 is 9.90 Å². The van der Waals surface area contributed by atoms with Crippen molar-refractivity contribution in [3.8, 4) is 5.75 Å². The summed E-state index contributed by atoms with van der Waals surface area (Å²) in [6.45, 7) is 8.12. The Kier molecular flexibility index (Phi) is 6.15. The molecule has 2 rings (SSSR count). The normalized spacial score (nSPS) is 11.7. The van der Waals surface area contributed by atoms with E-state index in [1.165, 1.54) is 0 Å². The van der Waals surface area contributed by atoms with E-state index >= 15 is 0 Å². The van der Waals surface area contributed by atoms with Gasteiger partial charge in [-0.15, -0.1) is 0 Å². The maximum atomic E-state index is 12.4. The zero-order valence-corrected chi connectivity index (χ0v) is 15.8. The third kappa shape index (κ3) is 5.03. The summed E-state index contributed by atoms with van der Waals surface area (Å²) in [7, 11) is 0. The summed E-state index contributed by atoms with van der Waals surface area (Å²) in [4.78, 5) is 12.4. The monoisotopic (exact) mass is 356 g/mol. The van der Waals surface area contributed by atoms with Gasteiger partial charge in [-0.25, -0.2) is 0 Å². The molecule has 0 spiro atoms. The van der Waals surface area contributed by atoms with Crippen molar-refractivity contribution in [2.45, 2.75) is 40.0 Å². The first-order valence-corrected chi connectivity index (χ1v) is 8.74. The van der Waals surface area contributed by atoms with Gasteiger partial charge in [0.25, 0.3) is 5.91 Å². The average molecular weight is 356 g/mol. The first kappa shape index (κ1) is 18.9. The molecule has 2 aromatic rings. The summed E-state index contributed by atoms with van der Waals surface area (Å²) >= 11 is 5.22. The minimum atomic E-state index is -0.276. The molecule has 4 nitrogen and oxygen atoms in total. The van der Waals surface area contributed by atoms with E-state index in [0.717, 1.165) is 23.1 Å². The van der Waals surface area contributed by atoms with Crippen LogP contribution in [0.2, 0.25) is 0 Å². The Balaban J connectivity index is 2.10. The third-order valence-corrected chi connectivity index (χ3v) is 4.37. The summed E-state index contributed by atoms with van der Waals surface area (Å²) in [5.41, 5.74) is 4.18. The molecule has 0 aliphatic rings. The predicted octanol–water partition coefficient (Wildman–Crippen LogP) is 4.65. The molecule has 0 saturated carbocycles. The second-order valence-corrected chi connectivity index (χ2v) is 6.78. The lowest BCUT2D eigenvalue weighted by molar-refractivity contribution is 0.0977. The van der Waals surface area contributed by atoms with Gasteiger partial charge in [-0.3, -0.25) is 10.1 Å². The van der Waals surface area contributed by atoms with Gasteiger partial charge in [-0.1, -0.05) is 37.1 Å². The predicted molar refractivity (Wildman–Crippen MR) is 106 cm³/mol. The molecular formula is C20H24N2O2S. The van der Waals surface area contributed by atoms with Crippen molar-refractivity contribution in [3.63, 3.8) is 0 Å². The van der Waals surface area contributed by atoms with E-state index < -0.39 is 0 Å². The van der Waals surface area contributed by atoms with Crippen molar-refractivity contribution in [2.75, 3.05) is 5.32 Å². The Morgan fingerprint density at radius 2 is 1.80 bits per heavy atom. The number of carbonyl (C=O) groups is 1. The highest BCUT2D eigenvalue weighted by atomic mass is 32.1. The highest BCUT2D eigenvalue weighted by molar-refractivity contribution is 7.80. The maximum absolute atomic E-state index is 12.4. The van der Waals surface area contributed by atoms with Gasteiger partial charge in [0.05, 0.1) is 5.69 Å². The van der Waals surface area contributed by atoms with Gasteiger partial charge in [-0.2, -0.15) is 0 Å². The number of hydrogen-bond donors (Lipinski definition) is 3. The summed E-state index contributed by atoms with van der Waals surface area (Å²) in [6, 6.07) is 11.0. The summed E-state index contributed by atoms with van der Waals surface area (Å²) in [6.07, 6.45) is 0.998. The molecule has 0 radical (unpaired) electrons. The third-order valence-electron chi connectivity index (χ3n) is 4.16. The lowest BCUT2D eigenvalue weighted by Gasteiger charge is -2.15. The molecule has 1 atom stereocenters. The number of thiocarbonyl (C=S) groups is 1. The zero-order valence-electron chi connectivity index (χ0n) is 15.0. The Hall–Kier alpha value is -2.40. The second kappa shape index (κ2) is 8.12. The van der Waals surface area contributed by atoms with Gasteiger partial charge in [-0.05, 0) is 68.2 Å². The summed E-state index contributed by atoms with van der Waals surface area (Å²) < 4.78 is 0. The van der Waals surface area contributed by atoms with Crippen LogP contribution in [0.4, 0.5) is 5.69 Å². The van der Waals surface area contributed by atoms with Gasteiger partial charge in [0.15, 0.2) is 5.11 Å². The number of rotatable bonds is 4. The Morgan fingerprint density at radius 3 is 2.40 bits per heavy atom. The SMILES string of the molecule is CC[C@@H](C)c1ccc(O)c(NC(=S)NC(=O)c2cc(C)cc(C)c2)c1. The number of hydrogen-bond acceptors (Lipinski definition) is 3. The quantitative estimate of drug-likeness (QED) is 0.551. The van der Waals surface area contributed by atoms with E-state index in [-0.39, 0.29) is 16.8 Å². The fourth-order valence-electron chi connectivity index (χ4n) is 2.63. The molecule has 5 heteroatoms. The number of phenols is 1. The van der Waals surface area contributed by atoms with Crippen molar-refractivity contribution in [3.05, 3.63) is 58.7 Å². The van der Waals surface area contributed by atoms with Crippen molar-refractivity contribution in [1.82, 2.24) is 5.32 Å². The maximum Gasteiger partial charge on any atom is 0.257 e. The van der Waals surface area contributed by atoms with Crippen LogP contribution in [0.1, 0.15) is 53.2 Å². The number of aromatic hydroxyl groups is 1. The lowest BCUT2D eigenvalue weighted by Crippen LogP contribution is -2.34. The van der Waals surface area contributed by atoms with E-state index in [0.29, 0.717) is 17.2 Å². The molecule has 0 aromatic heterocycles. The number of benzene rings is 2. The average Bonchev–Trinajstić information content (AvgIpc) is 2.55. The van der Waals surface area contributed by atoms with Gasteiger partial charge < -0.3 is 10.4 Å². The van der Waals surface area contributed by atoms with Crippen molar-refractivity contribution >= 4 is 28.9 Å². The van der Waals surface area contributed by atoms with Gasteiger partial charge >= 0.3 is 0 Å². The summed E-state index contributed by atoms with van der Waals surface area (Å²) in [5.74, 6) is 0.191. The van der Waals surface area contributed by atoms with E-state index in [9.17, 15) is 9.90 Å². The molecule has 0 bridgehead atoms. The van der Waals surface area contributed by atoms with E-state index in [1.807, 2.05) is 44.2 Å². The van der Waals surface area contributed by atoms with E-state index in [2.05, 4.69) is 24.5 Å². The van der Waals surface area contributed by atoms with Crippen LogP contribution in [0, 0.1) is 13.8 Å². The van der Waals surface area contributed by atoms with Crippen LogP contribution >= 0.6 is 12.2 Å². The highest BCUT2D eigenvalue weighted by Crippen LogP contribution is 2.29. The number of amides is 1. The Bertz CT molecular complexity index is 782. The van der Waals surface area contributed by atoms with E-state index in [4.69, 9.17) is 12.2 Å². The van der Waals surface area contributed by atoms with Gasteiger partial charge in [0, 0.05) is 5.56 Å². The lowest BCUT2D eigenvalue weighted by atomic mass is 9.98. The van der Waals surface area contributed by atoms with Crippen LogP contribution in [-0.4, -0.2) is 16.1 Å². The first-order valence-electron chi connectivity index (χ1n) is 8.33. The second-order valence-electron chi connectivity index (χ2n) is 6.37. The first-order chi connectivity index (χ1) is 11.8. The molecule has 0 heterocycles. The van der Waals surface area contributed by atoms with E-state index in [1.54, 1.807) is 6.07 Å². The van der Waals surface area contributed by atoms with Gasteiger partial charge in [0.2, 0.25) is 0 Å². The standard InChI is InChI=1S/C20H24N2O2S/c1-5-14(4)15-6-7-18(23)17(11-15)21-20(25)22-19(24)16-9-12(2)8-13(3)10-16/h6-11,14,23H,5H2,1-4H3,(H2,21,22,24,25)/t14-/m1/s1. The zero-order chi connectivity index (χ0) is 18.6. The Morgan fingerprint density at radius 1 is 1.16 bits per heavy atom. The molecule has 132 valence electrons. The van der Waals surface area contributed by atoms with Crippen LogP contribution in [0.15, 0.2) is 36.4 Å². The molecule has 0 aliphatic carbocycles. The minimum absolute atomic E-state index is 0.0926.